The number of carboxylic acid groups (broad SMARTS) is 1. The number of hydrogen-bond donors (Lipinski definition) is 3. The predicted molar refractivity (Wildman–Crippen MR) is 102 cm³/mol. The van der Waals surface area contributed by atoms with Crippen LogP contribution in [0.1, 0.15) is 36.3 Å². The number of benzene rings is 2. The maximum Gasteiger partial charge on any atom is 0.322 e. The van der Waals surface area contributed by atoms with Gasteiger partial charge in [0.05, 0.1) is 0 Å². The lowest BCUT2D eigenvalue weighted by atomic mass is 9.98. The number of ether oxygens (including phenoxy) is 1. The second-order valence-corrected chi connectivity index (χ2v) is 6.84. The maximum absolute atomic E-state index is 12.2. The first-order chi connectivity index (χ1) is 13.0. The molecule has 1 aliphatic rings. The second kappa shape index (κ2) is 8.33. The van der Waals surface area contributed by atoms with Crippen LogP contribution in [0.2, 0.25) is 0 Å². The van der Waals surface area contributed by atoms with Crippen LogP contribution in [0.3, 0.4) is 0 Å². The van der Waals surface area contributed by atoms with Crippen LogP contribution >= 0.6 is 0 Å². The van der Waals surface area contributed by atoms with Crippen LogP contribution in [0.25, 0.3) is 11.1 Å². The number of aliphatic carboxylic acids is 1. The molecular weight excluding hydrogens is 344 g/mol. The van der Waals surface area contributed by atoms with Gasteiger partial charge in [0.25, 0.3) is 0 Å². The highest BCUT2D eigenvalue weighted by atomic mass is 16.5. The standard InChI is InChI=1S/C21H24N2O4/c22-18(20(24)25)10-5-11-19(23)21(26)27-12-17-15-8-3-1-6-13(15)14-7-2-4-9-16(14)17/h1-4,6-9,17-19H,5,10-12,22-23H2,(H,24,25)/t18-,19?/m1/s1. The van der Waals surface area contributed by atoms with E-state index in [1.807, 2.05) is 24.3 Å². The van der Waals surface area contributed by atoms with Gasteiger partial charge in [0, 0.05) is 5.92 Å². The van der Waals surface area contributed by atoms with Crippen molar-refractivity contribution in [1.29, 1.82) is 0 Å². The number of fused-ring (bicyclic) bond motifs is 3. The van der Waals surface area contributed by atoms with Gasteiger partial charge in [-0.2, -0.15) is 0 Å². The Morgan fingerprint density at radius 3 is 2.00 bits per heavy atom. The molecule has 0 amide bonds. The monoisotopic (exact) mass is 368 g/mol. The third-order valence-electron chi connectivity index (χ3n) is 5.01. The topological polar surface area (TPSA) is 116 Å². The molecule has 5 N–H and O–H groups in total. The van der Waals surface area contributed by atoms with Crippen molar-refractivity contribution >= 4 is 11.9 Å². The fraction of sp³-hybridized carbons (Fsp3) is 0.333. The minimum Gasteiger partial charge on any atom is -0.480 e. The summed E-state index contributed by atoms with van der Waals surface area (Å²) < 4.78 is 5.49. The lowest BCUT2D eigenvalue weighted by Gasteiger charge is -2.17. The molecule has 2 atom stereocenters. The summed E-state index contributed by atoms with van der Waals surface area (Å²) in [5.41, 5.74) is 16.0. The molecule has 1 unspecified atom stereocenters. The Morgan fingerprint density at radius 1 is 0.926 bits per heavy atom. The van der Waals surface area contributed by atoms with Crippen molar-refractivity contribution in [2.45, 2.75) is 37.3 Å². The highest BCUT2D eigenvalue weighted by Crippen LogP contribution is 2.44. The lowest BCUT2D eigenvalue weighted by molar-refractivity contribution is -0.145. The van der Waals surface area contributed by atoms with Gasteiger partial charge in [0.1, 0.15) is 18.7 Å². The van der Waals surface area contributed by atoms with Crippen molar-refractivity contribution in [3.8, 4) is 11.1 Å². The van der Waals surface area contributed by atoms with E-state index in [4.69, 9.17) is 21.3 Å². The smallest absolute Gasteiger partial charge is 0.322 e. The average Bonchev–Trinajstić information content (AvgIpc) is 2.99. The zero-order valence-electron chi connectivity index (χ0n) is 15.0. The van der Waals surface area contributed by atoms with Crippen molar-refractivity contribution in [2.24, 2.45) is 11.5 Å². The summed E-state index contributed by atoms with van der Waals surface area (Å²) in [4.78, 5) is 23.0. The zero-order valence-corrected chi connectivity index (χ0v) is 15.0. The minimum atomic E-state index is -1.05. The summed E-state index contributed by atoms with van der Waals surface area (Å²) in [6, 6.07) is 14.5. The van der Waals surface area contributed by atoms with Crippen LogP contribution in [0.15, 0.2) is 48.5 Å². The Hall–Kier alpha value is -2.70. The zero-order chi connectivity index (χ0) is 19.4. The van der Waals surface area contributed by atoms with E-state index in [1.165, 1.54) is 11.1 Å². The summed E-state index contributed by atoms with van der Waals surface area (Å²) >= 11 is 0. The van der Waals surface area contributed by atoms with Crippen LogP contribution in [-0.4, -0.2) is 35.7 Å². The van der Waals surface area contributed by atoms with E-state index in [9.17, 15) is 9.59 Å². The van der Waals surface area contributed by atoms with E-state index in [0.717, 1.165) is 11.1 Å². The lowest BCUT2D eigenvalue weighted by Crippen LogP contribution is -2.34. The summed E-state index contributed by atoms with van der Waals surface area (Å²) in [6.45, 7) is 0.231. The van der Waals surface area contributed by atoms with Gasteiger partial charge in [-0.25, -0.2) is 0 Å². The molecule has 0 bridgehead atoms. The summed E-state index contributed by atoms with van der Waals surface area (Å²) in [5.74, 6) is -1.53. The quantitative estimate of drug-likeness (QED) is 0.616. The molecule has 27 heavy (non-hydrogen) atoms. The van der Waals surface area contributed by atoms with E-state index in [0.29, 0.717) is 12.8 Å². The van der Waals surface area contributed by atoms with Gasteiger partial charge < -0.3 is 21.3 Å². The van der Waals surface area contributed by atoms with Crippen LogP contribution in [-0.2, 0) is 14.3 Å². The van der Waals surface area contributed by atoms with Crippen molar-refractivity contribution in [3.63, 3.8) is 0 Å². The molecular formula is C21H24N2O4. The van der Waals surface area contributed by atoms with Crippen LogP contribution < -0.4 is 11.5 Å². The fourth-order valence-electron chi connectivity index (χ4n) is 3.51. The van der Waals surface area contributed by atoms with E-state index in [2.05, 4.69) is 24.3 Å². The van der Waals surface area contributed by atoms with Crippen molar-refractivity contribution < 1.29 is 19.4 Å². The SMILES string of the molecule is NC(CCC[C@@H](N)C(=O)O)C(=O)OCC1c2ccccc2-c2ccccc21. The van der Waals surface area contributed by atoms with Crippen molar-refractivity contribution in [3.05, 3.63) is 59.7 Å². The number of nitrogens with two attached hydrogens (primary N) is 2. The summed E-state index contributed by atoms with van der Waals surface area (Å²) in [5, 5.41) is 8.77. The molecule has 142 valence electrons. The van der Waals surface area contributed by atoms with E-state index >= 15 is 0 Å². The first-order valence-corrected chi connectivity index (χ1v) is 9.08. The number of hydrogen-bond acceptors (Lipinski definition) is 5. The Balaban J connectivity index is 1.58. The number of carboxylic acids is 1. The molecule has 2 aromatic carbocycles. The Bertz CT molecular complexity index is 791. The van der Waals surface area contributed by atoms with Gasteiger partial charge in [-0.1, -0.05) is 48.5 Å². The molecule has 6 heteroatoms. The highest BCUT2D eigenvalue weighted by molar-refractivity contribution is 5.79. The predicted octanol–water partition coefficient (Wildman–Crippen LogP) is 2.25. The number of carbonyl (C=O) groups excluding carboxylic acids is 1. The number of rotatable bonds is 8. The fourth-order valence-corrected chi connectivity index (χ4v) is 3.51. The molecule has 6 nitrogen and oxygen atoms in total. The van der Waals surface area contributed by atoms with E-state index in [1.54, 1.807) is 0 Å². The number of esters is 1. The van der Waals surface area contributed by atoms with Gasteiger partial charge in [-0.15, -0.1) is 0 Å². The van der Waals surface area contributed by atoms with Gasteiger partial charge in [-0.3, -0.25) is 9.59 Å². The molecule has 0 saturated heterocycles. The molecule has 0 radical (unpaired) electrons. The molecule has 0 aliphatic heterocycles. The third kappa shape index (κ3) is 4.18. The number of carbonyl (C=O) groups is 2. The van der Waals surface area contributed by atoms with E-state index < -0.39 is 24.0 Å². The first kappa shape index (κ1) is 19.1. The third-order valence-corrected chi connectivity index (χ3v) is 5.01. The van der Waals surface area contributed by atoms with Crippen molar-refractivity contribution in [1.82, 2.24) is 0 Å². The van der Waals surface area contributed by atoms with Crippen LogP contribution in [0, 0.1) is 0 Å². The Morgan fingerprint density at radius 2 is 1.44 bits per heavy atom. The molecule has 0 heterocycles. The maximum atomic E-state index is 12.2. The molecule has 2 aromatic rings. The van der Waals surface area contributed by atoms with Gasteiger partial charge in [0.2, 0.25) is 0 Å². The molecule has 3 rings (SSSR count). The molecule has 1 aliphatic carbocycles. The van der Waals surface area contributed by atoms with Gasteiger partial charge in [-0.05, 0) is 41.5 Å². The molecule has 0 saturated carbocycles. The largest absolute Gasteiger partial charge is 0.480 e. The average molecular weight is 368 g/mol. The first-order valence-electron chi connectivity index (χ1n) is 9.08. The molecule has 0 aromatic heterocycles. The van der Waals surface area contributed by atoms with Crippen LogP contribution in [0.4, 0.5) is 0 Å². The Kier molecular flexibility index (Phi) is 5.88. The Labute approximate surface area is 158 Å². The summed E-state index contributed by atoms with van der Waals surface area (Å²) in [7, 11) is 0. The summed E-state index contributed by atoms with van der Waals surface area (Å²) in [6.07, 6.45) is 1.08. The normalized spacial score (nSPS) is 14.9. The van der Waals surface area contributed by atoms with Gasteiger partial charge >= 0.3 is 11.9 Å². The minimum absolute atomic E-state index is 0.00557. The van der Waals surface area contributed by atoms with Gasteiger partial charge in [0.15, 0.2) is 0 Å². The van der Waals surface area contributed by atoms with Crippen LogP contribution in [0.5, 0.6) is 0 Å². The van der Waals surface area contributed by atoms with E-state index in [-0.39, 0.29) is 18.9 Å². The second-order valence-electron chi connectivity index (χ2n) is 6.84. The highest BCUT2D eigenvalue weighted by Gasteiger charge is 2.29. The molecule has 0 spiro atoms. The van der Waals surface area contributed by atoms with Crippen molar-refractivity contribution in [2.75, 3.05) is 6.61 Å². The molecule has 0 fully saturated rings.